The minimum atomic E-state index is -1.15. The molecule has 3 atom stereocenters. The van der Waals surface area contributed by atoms with Crippen molar-refractivity contribution in [2.24, 2.45) is 0 Å². The fourth-order valence-electron chi connectivity index (χ4n) is 4.21. The molecule has 1 aliphatic heterocycles. The predicted octanol–water partition coefficient (Wildman–Crippen LogP) is 2.23. The van der Waals surface area contributed by atoms with Crippen molar-refractivity contribution in [1.82, 2.24) is 5.32 Å². The first-order valence-electron chi connectivity index (χ1n) is 11.7. The van der Waals surface area contributed by atoms with Gasteiger partial charge in [0.1, 0.15) is 6.10 Å². The quantitative estimate of drug-likeness (QED) is 0.383. The number of nitrogens with one attached hydrogen (secondary N) is 1. The van der Waals surface area contributed by atoms with E-state index in [-0.39, 0.29) is 18.4 Å². The van der Waals surface area contributed by atoms with Crippen molar-refractivity contribution in [3.63, 3.8) is 0 Å². The van der Waals surface area contributed by atoms with Gasteiger partial charge in [-0.3, -0.25) is 4.79 Å². The van der Waals surface area contributed by atoms with E-state index in [1.165, 1.54) is 30.4 Å². The van der Waals surface area contributed by atoms with Crippen LogP contribution in [0.5, 0.6) is 0 Å². The number of hydrogen-bond donors (Lipinski definition) is 1. The number of ether oxygens (including phenoxy) is 1. The van der Waals surface area contributed by atoms with Crippen LogP contribution in [0.2, 0.25) is 0 Å². The number of likely N-dealkylation sites (N-methyl/N-ethyl adjacent to an activating group) is 1. The van der Waals surface area contributed by atoms with Crippen LogP contribution < -0.4 is 10.4 Å². The van der Waals surface area contributed by atoms with Crippen LogP contribution in [0.25, 0.3) is 0 Å². The van der Waals surface area contributed by atoms with Crippen molar-refractivity contribution in [3.05, 3.63) is 35.4 Å². The Balaban J connectivity index is 1.77. The molecule has 0 bridgehead atoms. The third-order valence-corrected chi connectivity index (χ3v) is 5.77. The predicted molar refractivity (Wildman–Crippen MR) is 120 cm³/mol. The van der Waals surface area contributed by atoms with Gasteiger partial charge in [-0.2, -0.15) is 0 Å². The molecular weight excluding hydrogens is 392 g/mol. The zero-order chi connectivity index (χ0) is 22.9. The highest BCUT2D eigenvalue weighted by atomic mass is 16.5. The summed E-state index contributed by atoms with van der Waals surface area (Å²) in [6, 6.07) is 8.39. The van der Waals surface area contributed by atoms with Gasteiger partial charge in [0.15, 0.2) is 0 Å². The number of nitrogens with zero attached hydrogens (tertiary/aromatic N) is 1. The first-order valence-corrected chi connectivity index (χ1v) is 11.7. The molecule has 0 aliphatic carbocycles. The molecule has 6 nitrogen and oxygen atoms in total. The first-order chi connectivity index (χ1) is 14.7. The van der Waals surface area contributed by atoms with E-state index in [0.717, 1.165) is 25.7 Å². The maximum absolute atomic E-state index is 12.6. The second-order valence-electron chi connectivity index (χ2n) is 9.89. The second-order valence-corrected chi connectivity index (χ2v) is 9.89. The molecule has 2 rings (SSSR count). The molecule has 174 valence electrons. The van der Waals surface area contributed by atoms with Crippen molar-refractivity contribution in [2.75, 3.05) is 27.7 Å². The van der Waals surface area contributed by atoms with Crippen LogP contribution in [0.4, 0.5) is 0 Å². The van der Waals surface area contributed by atoms with Gasteiger partial charge in [-0.1, -0.05) is 44.0 Å². The highest BCUT2D eigenvalue weighted by molar-refractivity contribution is 5.81. The Bertz CT molecular complexity index is 696. The van der Waals surface area contributed by atoms with Gasteiger partial charge in [0.2, 0.25) is 5.91 Å². The van der Waals surface area contributed by atoms with E-state index in [0.29, 0.717) is 17.4 Å². The van der Waals surface area contributed by atoms with Crippen LogP contribution in [0, 0.1) is 0 Å². The SMILES string of the molecule is CCCCCc1ccc(CCC2CCC(C(=O)N[C@H](CC(=O)[O-])C[N+](C)(C)C)O2)cc1. The molecule has 1 saturated heterocycles. The Hall–Kier alpha value is -1.92. The van der Waals surface area contributed by atoms with Crippen LogP contribution in [0.3, 0.4) is 0 Å². The lowest BCUT2D eigenvalue weighted by Gasteiger charge is -2.30. The van der Waals surface area contributed by atoms with Gasteiger partial charge in [0.25, 0.3) is 0 Å². The highest BCUT2D eigenvalue weighted by Gasteiger charge is 2.32. The van der Waals surface area contributed by atoms with Crippen LogP contribution in [-0.2, 0) is 27.2 Å². The maximum Gasteiger partial charge on any atom is 0.249 e. The minimum Gasteiger partial charge on any atom is -0.550 e. The zero-order valence-corrected chi connectivity index (χ0v) is 19.7. The van der Waals surface area contributed by atoms with Gasteiger partial charge in [-0.25, -0.2) is 0 Å². The number of carbonyl (C=O) groups excluding carboxylic acids is 2. The van der Waals surface area contributed by atoms with Crippen molar-refractivity contribution in [3.8, 4) is 0 Å². The summed E-state index contributed by atoms with van der Waals surface area (Å²) in [5.74, 6) is -1.36. The molecule has 0 spiro atoms. The number of carboxylic acid groups (broad SMARTS) is 1. The lowest BCUT2D eigenvalue weighted by atomic mass is 10.0. The molecular formula is C25H40N2O4. The smallest absolute Gasteiger partial charge is 0.249 e. The molecule has 1 fully saturated rings. The average Bonchev–Trinajstić information content (AvgIpc) is 3.15. The van der Waals surface area contributed by atoms with Gasteiger partial charge in [0, 0.05) is 12.4 Å². The van der Waals surface area contributed by atoms with Gasteiger partial charge in [0.05, 0.1) is 39.8 Å². The van der Waals surface area contributed by atoms with E-state index >= 15 is 0 Å². The van der Waals surface area contributed by atoms with Crippen LogP contribution >= 0.6 is 0 Å². The van der Waals surface area contributed by atoms with Gasteiger partial charge < -0.3 is 24.4 Å². The van der Waals surface area contributed by atoms with Crippen molar-refractivity contribution >= 4 is 11.9 Å². The number of amides is 1. The molecule has 2 unspecified atom stereocenters. The Labute approximate surface area is 187 Å². The third-order valence-electron chi connectivity index (χ3n) is 5.77. The third kappa shape index (κ3) is 9.83. The molecule has 1 heterocycles. The summed E-state index contributed by atoms with van der Waals surface area (Å²) in [6.45, 7) is 2.74. The summed E-state index contributed by atoms with van der Waals surface area (Å²) in [7, 11) is 5.90. The minimum absolute atomic E-state index is 0.0676. The van der Waals surface area contributed by atoms with Crippen molar-refractivity contribution < 1.29 is 23.9 Å². The summed E-state index contributed by atoms with van der Waals surface area (Å²) >= 11 is 0. The number of quaternary nitrogens is 1. The standard InChI is InChI=1S/C25H40N2O4/c1-5-6-7-8-19-9-11-20(12-10-19)13-14-22-15-16-23(31-22)25(30)26-21(17-24(28)29)18-27(2,3)4/h9-12,21-23H,5-8,13-18H2,1-4H3,(H-,26,28,29,30)/t21-,22?,23?/m1/s1. The van der Waals surface area contributed by atoms with Crippen molar-refractivity contribution in [1.29, 1.82) is 0 Å². The molecule has 6 heteroatoms. The van der Waals surface area contributed by atoms with E-state index in [4.69, 9.17) is 4.74 Å². The highest BCUT2D eigenvalue weighted by Crippen LogP contribution is 2.24. The van der Waals surface area contributed by atoms with Gasteiger partial charge >= 0.3 is 0 Å². The number of rotatable bonds is 13. The largest absolute Gasteiger partial charge is 0.550 e. The lowest BCUT2D eigenvalue weighted by molar-refractivity contribution is -0.871. The Morgan fingerprint density at radius 1 is 1.10 bits per heavy atom. The molecule has 1 aromatic carbocycles. The summed E-state index contributed by atoms with van der Waals surface area (Å²) in [4.78, 5) is 23.7. The van der Waals surface area contributed by atoms with Crippen LogP contribution in [0.15, 0.2) is 24.3 Å². The van der Waals surface area contributed by atoms with Gasteiger partial charge in [-0.05, 0) is 49.7 Å². The zero-order valence-electron chi connectivity index (χ0n) is 19.7. The summed E-state index contributed by atoms with van der Waals surface area (Å²) in [5.41, 5.74) is 2.69. The van der Waals surface area contributed by atoms with E-state index in [1.54, 1.807) is 0 Å². The van der Waals surface area contributed by atoms with E-state index in [2.05, 4.69) is 36.5 Å². The number of hydrogen-bond acceptors (Lipinski definition) is 4. The fraction of sp³-hybridized carbons (Fsp3) is 0.680. The summed E-state index contributed by atoms with van der Waals surface area (Å²) in [5, 5.41) is 13.9. The molecule has 1 aromatic rings. The monoisotopic (exact) mass is 432 g/mol. The van der Waals surface area contributed by atoms with E-state index in [9.17, 15) is 14.7 Å². The normalized spacial score (nSPS) is 19.9. The average molecular weight is 433 g/mol. The second kappa shape index (κ2) is 12.2. The Kier molecular flexibility index (Phi) is 9.97. The number of benzene rings is 1. The molecule has 0 radical (unpaired) electrons. The van der Waals surface area contributed by atoms with Crippen molar-refractivity contribution in [2.45, 2.75) is 83.0 Å². The molecule has 31 heavy (non-hydrogen) atoms. The molecule has 1 aliphatic rings. The number of unbranched alkanes of at least 4 members (excludes halogenated alkanes) is 2. The first kappa shape index (κ1) is 25.3. The van der Waals surface area contributed by atoms with Crippen LogP contribution in [0.1, 0.15) is 63.0 Å². The number of aliphatic carboxylic acids is 1. The Morgan fingerprint density at radius 2 is 1.74 bits per heavy atom. The number of carbonyl (C=O) groups is 2. The number of aryl methyl sites for hydroxylation is 2. The summed E-state index contributed by atoms with van der Waals surface area (Å²) < 4.78 is 6.55. The van der Waals surface area contributed by atoms with Crippen LogP contribution in [-0.4, -0.2) is 62.3 Å². The maximum atomic E-state index is 12.6. The van der Waals surface area contributed by atoms with E-state index < -0.39 is 18.1 Å². The molecule has 1 amide bonds. The topological polar surface area (TPSA) is 78.5 Å². The summed E-state index contributed by atoms with van der Waals surface area (Å²) in [6.07, 6.45) is 7.64. The molecule has 0 saturated carbocycles. The molecule has 0 aromatic heterocycles. The number of carboxylic acids is 1. The van der Waals surface area contributed by atoms with E-state index in [1.807, 2.05) is 21.1 Å². The lowest BCUT2D eigenvalue weighted by Crippen LogP contribution is -2.52. The van der Waals surface area contributed by atoms with Gasteiger partial charge in [-0.15, -0.1) is 0 Å². The molecule has 1 N–H and O–H groups in total. The Morgan fingerprint density at radius 3 is 2.32 bits per heavy atom. The fourth-order valence-corrected chi connectivity index (χ4v) is 4.21.